The lowest BCUT2D eigenvalue weighted by molar-refractivity contribution is -0.0298. The van der Waals surface area contributed by atoms with Crippen molar-refractivity contribution in [2.45, 2.75) is 77.4 Å². The Morgan fingerprint density at radius 3 is 2.57 bits per heavy atom. The van der Waals surface area contributed by atoms with E-state index >= 15 is 0 Å². The van der Waals surface area contributed by atoms with E-state index in [0.29, 0.717) is 5.56 Å². The van der Waals surface area contributed by atoms with Gasteiger partial charge in [0.1, 0.15) is 5.75 Å². The lowest BCUT2D eigenvalue weighted by atomic mass is 9.56. The number of carbonyl (C=O) groups is 1. The largest absolute Gasteiger partial charge is 0.496 e. The SMILES string of the molecule is COc1cc(C)c2[nH]ccc2c1CN1CCC2(CC(C#N)C2)C[C@H]1c1ccc(C(=O)NC(C)(C)CN2CCCC2)cc1. The number of carbonyl (C=O) groups excluding carboxylic acids is 1. The van der Waals surface area contributed by atoms with Gasteiger partial charge in [-0.3, -0.25) is 9.69 Å². The predicted octanol–water partition coefficient (Wildman–Crippen LogP) is 6.35. The number of nitrogens with one attached hydrogen (secondary N) is 2. The number of ether oxygens (including phenoxy) is 1. The van der Waals surface area contributed by atoms with Gasteiger partial charge in [0, 0.05) is 58.8 Å². The minimum atomic E-state index is -0.287. The number of rotatable bonds is 8. The third-order valence-electron chi connectivity index (χ3n) is 10.1. The number of amides is 1. The van der Waals surface area contributed by atoms with Crippen molar-refractivity contribution in [3.05, 3.63) is 64.8 Å². The van der Waals surface area contributed by atoms with E-state index in [9.17, 15) is 10.1 Å². The van der Waals surface area contributed by atoms with E-state index < -0.39 is 0 Å². The van der Waals surface area contributed by atoms with Crippen LogP contribution in [0.25, 0.3) is 10.9 Å². The number of piperidine rings is 1. The van der Waals surface area contributed by atoms with Crippen LogP contribution in [0.2, 0.25) is 0 Å². The number of nitriles is 1. The van der Waals surface area contributed by atoms with E-state index in [1.807, 2.05) is 18.3 Å². The van der Waals surface area contributed by atoms with Crippen LogP contribution in [0.4, 0.5) is 0 Å². The second kappa shape index (κ2) is 11.4. The highest BCUT2D eigenvalue weighted by molar-refractivity contribution is 5.94. The number of aromatic amines is 1. The summed E-state index contributed by atoms with van der Waals surface area (Å²) >= 11 is 0. The first-order valence-electron chi connectivity index (χ1n) is 15.6. The highest BCUT2D eigenvalue weighted by atomic mass is 16.5. The van der Waals surface area contributed by atoms with Crippen LogP contribution >= 0.6 is 0 Å². The molecule has 7 nitrogen and oxygen atoms in total. The molecule has 1 atom stereocenters. The molecular weight excluding hydrogens is 522 g/mol. The molecule has 3 aliphatic rings. The van der Waals surface area contributed by atoms with Gasteiger partial charge >= 0.3 is 0 Å². The standard InChI is InChI=1S/C35H45N5O2/c1-24-17-31(42-4)29(28-11-13-37-32(24)28)22-40-16-12-35(18-25(19-35)21-36)20-30(40)26-7-9-27(10-8-26)33(41)38-34(2,3)23-39-14-5-6-15-39/h7-11,13,17,25,30,37H,5-6,12,14-16,18-20,22-23H2,1-4H3,(H,38,41)/t25?,30-,35?/m0/s1. The number of H-pyrrole nitrogens is 1. The molecule has 42 heavy (non-hydrogen) atoms. The maximum atomic E-state index is 13.3. The zero-order chi connectivity index (χ0) is 29.5. The summed E-state index contributed by atoms with van der Waals surface area (Å²) in [6.07, 6.45) is 8.63. The lowest BCUT2D eigenvalue weighted by Crippen LogP contribution is -2.51. The van der Waals surface area contributed by atoms with Crippen LogP contribution < -0.4 is 10.1 Å². The molecule has 1 saturated carbocycles. The minimum Gasteiger partial charge on any atom is -0.496 e. The first-order chi connectivity index (χ1) is 20.2. The third-order valence-corrected chi connectivity index (χ3v) is 10.1. The average molecular weight is 568 g/mol. The Kier molecular flexibility index (Phi) is 7.80. The monoisotopic (exact) mass is 567 g/mol. The minimum absolute atomic E-state index is 0.0159. The maximum Gasteiger partial charge on any atom is 0.251 e. The maximum absolute atomic E-state index is 13.3. The number of benzene rings is 2. The van der Waals surface area contributed by atoms with Crippen LogP contribution in [-0.4, -0.2) is 59.5 Å². The summed E-state index contributed by atoms with van der Waals surface area (Å²) in [7, 11) is 1.76. The topological polar surface area (TPSA) is 84.4 Å². The molecule has 1 aliphatic carbocycles. The molecule has 2 saturated heterocycles. The quantitative estimate of drug-likeness (QED) is 0.332. The average Bonchev–Trinajstić information content (AvgIpc) is 3.66. The van der Waals surface area contributed by atoms with Gasteiger partial charge in [-0.05, 0) is 120 Å². The first-order valence-corrected chi connectivity index (χ1v) is 15.6. The number of hydrogen-bond donors (Lipinski definition) is 2. The van der Waals surface area contributed by atoms with Crippen LogP contribution in [0.5, 0.6) is 5.75 Å². The van der Waals surface area contributed by atoms with Crippen LogP contribution in [0.3, 0.4) is 0 Å². The van der Waals surface area contributed by atoms with Gasteiger partial charge in [-0.25, -0.2) is 0 Å². The van der Waals surface area contributed by atoms with Gasteiger partial charge in [-0.15, -0.1) is 0 Å². The van der Waals surface area contributed by atoms with Crippen molar-refractivity contribution in [3.8, 4) is 11.8 Å². The third kappa shape index (κ3) is 5.67. The van der Waals surface area contributed by atoms with Gasteiger partial charge in [0.2, 0.25) is 0 Å². The summed E-state index contributed by atoms with van der Waals surface area (Å²) < 4.78 is 5.89. The predicted molar refractivity (Wildman–Crippen MR) is 166 cm³/mol. The van der Waals surface area contributed by atoms with Gasteiger partial charge in [0.15, 0.2) is 0 Å². The number of methoxy groups -OCH3 is 1. The highest BCUT2D eigenvalue weighted by Crippen LogP contribution is 2.56. The van der Waals surface area contributed by atoms with Crippen molar-refractivity contribution in [2.24, 2.45) is 11.3 Å². The Morgan fingerprint density at radius 2 is 1.88 bits per heavy atom. The van der Waals surface area contributed by atoms with Crippen molar-refractivity contribution in [2.75, 3.05) is 33.3 Å². The molecule has 3 aromatic rings. The van der Waals surface area contributed by atoms with Crippen LogP contribution in [-0.2, 0) is 6.54 Å². The van der Waals surface area contributed by atoms with Crippen molar-refractivity contribution < 1.29 is 9.53 Å². The number of aromatic nitrogens is 1. The first kappa shape index (κ1) is 28.8. The van der Waals surface area contributed by atoms with E-state index in [-0.39, 0.29) is 28.8 Å². The molecule has 7 heteroatoms. The van der Waals surface area contributed by atoms with Crippen LogP contribution in [0, 0.1) is 29.6 Å². The number of nitrogens with zero attached hydrogens (tertiary/aromatic N) is 3. The fraction of sp³-hybridized carbons (Fsp3) is 0.543. The molecule has 1 spiro atoms. The summed E-state index contributed by atoms with van der Waals surface area (Å²) in [5.74, 6) is 1.09. The summed E-state index contributed by atoms with van der Waals surface area (Å²) in [5, 5.41) is 14.0. The van der Waals surface area contributed by atoms with Crippen LogP contribution in [0.15, 0.2) is 42.6 Å². The Balaban J connectivity index is 1.24. The molecule has 0 radical (unpaired) electrons. The second-order valence-electron chi connectivity index (χ2n) is 13.8. The number of likely N-dealkylation sites (tertiary alicyclic amines) is 2. The smallest absolute Gasteiger partial charge is 0.251 e. The summed E-state index contributed by atoms with van der Waals surface area (Å²) in [4.78, 5) is 21.7. The highest BCUT2D eigenvalue weighted by Gasteiger charge is 2.49. The number of hydrogen-bond acceptors (Lipinski definition) is 5. The van der Waals surface area contributed by atoms with Gasteiger partial charge in [-0.1, -0.05) is 12.1 Å². The van der Waals surface area contributed by atoms with E-state index in [1.165, 1.54) is 34.9 Å². The van der Waals surface area contributed by atoms with Crippen LogP contribution in [0.1, 0.15) is 85.5 Å². The molecule has 0 unspecified atom stereocenters. The molecule has 1 amide bonds. The van der Waals surface area contributed by atoms with Gasteiger partial charge in [-0.2, -0.15) is 5.26 Å². The molecule has 0 bridgehead atoms. The lowest BCUT2D eigenvalue weighted by Gasteiger charge is -2.53. The van der Waals surface area contributed by atoms with Crippen molar-refractivity contribution in [1.29, 1.82) is 5.26 Å². The Hall–Kier alpha value is -3.34. The number of aryl methyl sites for hydroxylation is 1. The summed E-state index contributed by atoms with van der Waals surface area (Å²) in [6, 6.07) is 15.3. The fourth-order valence-electron chi connectivity index (χ4n) is 7.90. The molecule has 222 valence electrons. The van der Waals surface area contributed by atoms with E-state index in [4.69, 9.17) is 4.74 Å². The van der Waals surface area contributed by atoms with Gasteiger partial charge in [0.25, 0.3) is 5.91 Å². The van der Waals surface area contributed by atoms with E-state index in [1.54, 1.807) is 7.11 Å². The van der Waals surface area contributed by atoms with E-state index in [2.05, 4.69) is 71.2 Å². The van der Waals surface area contributed by atoms with Crippen molar-refractivity contribution in [3.63, 3.8) is 0 Å². The molecule has 2 N–H and O–H groups in total. The molecule has 6 rings (SSSR count). The van der Waals surface area contributed by atoms with Crippen molar-refractivity contribution in [1.82, 2.24) is 20.1 Å². The molecule has 2 aliphatic heterocycles. The van der Waals surface area contributed by atoms with Gasteiger partial charge in [0.05, 0.1) is 13.2 Å². The Labute approximate surface area is 250 Å². The molecule has 1 aromatic heterocycles. The summed E-state index contributed by atoms with van der Waals surface area (Å²) in [5.41, 5.74) is 5.43. The Bertz CT molecular complexity index is 1470. The molecule has 2 aromatic carbocycles. The molecule has 3 heterocycles. The molecule has 3 fully saturated rings. The van der Waals surface area contributed by atoms with Gasteiger partial charge < -0.3 is 19.9 Å². The van der Waals surface area contributed by atoms with E-state index in [0.717, 1.165) is 69.7 Å². The fourth-order valence-corrected chi connectivity index (χ4v) is 7.90. The zero-order valence-corrected chi connectivity index (χ0v) is 25.6. The zero-order valence-electron chi connectivity index (χ0n) is 25.6. The normalized spacial score (nSPS) is 24.9. The number of fused-ring (bicyclic) bond motifs is 1. The molecular formula is C35H45N5O2. The van der Waals surface area contributed by atoms with Crippen molar-refractivity contribution >= 4 is 16.8 Å². The summed E-state index contributed by atoms with van der Waals surface area (Å²) in [6.45, 7) is 11.2. The Morgan fingerprint density at radius 1 is 1.14 bits per heavy atom. The second-order valence-corrected chi connectivity index (χ2v) is 13.8.